The second kappa shape index (κ2) is 76.9. The molecule has 33 heteroatoms. The molecule has 0 aromatic heterocycles. The molecule has 20 N–H and O–H groups in total. The van der Waals surface area contributed by atoms with E-state index in [2.05, 4.69) is 0 Å². The van der Waals surface area contributed by atoms with Crippen molar-refractivity contribution < 1.29 is 243 Å². The van der Waals surface area contributed by atoms with Crippen molar-refractivity contribution >= 4 is 61.6 Å². The molecule has 0 radical (unpaired) electrons. The number of hydrogen-bond acceptors (Lipinski definition) is 10. The van der Waals surface area contributed by atoms with Crippen LogP contribution in [0.15, 0.2) is 0 Å². The molecule has 0 amide bonds. The summed E-state index contributed by atoms with van der Waals surface area (Å²) in [7, 11) is 0. The van der Waals surface area contributed by atoms with E-state index < -0.39 is 61.6 Å². The zero-order valence-electron chi connectivity index (χ0n) is 24.0. The largest absolute Gasteiger partial charge is 1.00 e. The normalized spacial score (nSPS) is 5.58. The smallest absolute Gasteiger partial charge is 1.00 e. The third-order valence-corrected chi connectivity index (χ3v) is 0. The second-order valence-electron chi connectivity index (χ2n) is 2.83. The van der Waals surface area contributed by atoms with E-state index in [9.17, 15) is 0 Å². The predicted molar refractivity (Wildman–Crippen MR) is 110 cm³/mol. The van der Waals surface area contributed by atoms with Crippen LogP contribution in [-0.2, 0) is 0 Å². The first-order chi connectivity index (χ1) is 17.3. The molecule has 0 aliphatic carbocycles. The van der Waals surface area contributed by atoms with E-state index in [1.165, 1.54) is 0 Å². The molecule has 0 heterocycles. The number of rotatable bonds is 0. The molecule has 30 nitrogen and oxygen atoms in total. The minimum Gasteiger partial charge on any atom is -1.00 e. The standard InChI is InChI=1S/10CH2O3.3Na.3H/c10*2-1(3)4;;;;;;/h10*(H2,2,3,4);;;;;;/q;;;;;;;;;;3*+1;3*-1. The second-order valence-corrected chi connectivity index (χ2v) is 2.83. The fraction of sp³-hybridized carbons (Fsp3) is 0. The molecule has 0 saturated carbocycles. The summed E-state index contributed by atoms with van der Waals surface area (Å²) in [5.41, 5.74) is 0. The van der Waals surface area contributed by atoms with Crippen LogP contribution in [0.4, 0.5) is 47.9 Å². The number of hydrogen-bond donors (Lipinski definition) is 20. The molecule has 246 valence electrons. The van der Waals surface area contributed by atoms with Crippen molar-refractivity contribution in [2.24, 2.45) is 0 Å². The van der Waals surface area contributed by atoms with Gasteiger partial charge >= 0.3 is 150 Å². The van der Waals surface area contributed by atoms with E-state index in [0.717, 1.165) is 0 Å². The van der Waals surface area contributed by atoms with Crippen molar-refractivity contribution in [2.75, 3.05) is 0 Å². The Balaban J connectivity index is -0.0000000153. The van der Waals surface area contributed by atoms with E-state index in [-0.39, 0.29) is 93.0 Å². The van der Waals surface area contributed by atoms with Crippen LogP contribution in [0, 0.1) is 0 Å². The van der Waals surface area contributed by atoms with Crippen LogP contribution in [0.25, 0.3) is 0 Å². The molecule has 0 rings (SSSR count). The van der Waals surface area contributed by atoms with Gasteiger partial charge in [-0.1, -0.05) is 0 Å². The van der Waals surface area contributed by atoms with Crippen molar-refractivity contribution in [3.8, 4) is 0 Å². The molecule has 0 saturated heterocycles. The van der Waals surface area contributed by atoms with Gasteiger partial charge in [-0.25, -0.2) is 47.9 Å². The molecule has 0 aliphatic heterocycles. The molecule has 0 fully saturated rings. The van der Waals surface area contributed by atoms with Gasteiger partial charge in [0.1, 0.15) is 0 Å². The van der Waals surface area contributed by atoms with Gasteiger partial charge in [0.25, 0.3) is 0 Å². The molecule has 0 aromatic rings. The Morgan fingerprint density at radius 2 is 0.186 bits per heavy atom. The van der Waals surface area contributed by atoms with E-state index >= 15 is 0 Å². The van der Waals surface area contributed by atoms with Crippen LogP contribution in [0.3, 0.4) is 0 Å². The van der Waals surface area contributed by atoms with Gasteiger partial charge in [0.2, 0.25) is 0 Å². The Morgan fingerprint density at radius 3 is 0.186 bits per heavy atom. The molecular weight excluding hydrogens is 669 g/mol. The zero-order valence-corrected chi connectivity index (χ0v) is 27.0. The van der Waals surface area contributed by atoms with Crippen molar-refractivity contribution in [1.82, 2.24) is 0 Å². The molecule has 0 unspecified atom stereocenters. The topological polar surface area (TPSA) is 575 Å². The summed E-state index contributed by atoms with van der Waals surface area (Å²) in [6, 6.07) is 0. The predicted octanol–water partition coefficient (Wildman–Crippen LogP) is -6.43. The minimum absolute atomic E-state index is 0. The monoisotopic (exact) mass is 692 g/mol. The van der Waals surface area contributed by atoms with Crippen LogP contribution in [-0.4, -0.2) is 164 Å². The average Bonchev–Trinajstić information content (AvgIpc) is 2.47. The summed E-state index contributed by atoms with van der Waals surface area (Å²) in [5.74, 6) is 0. The molecule has 43 heavy (non-hydrogen) atoms. The van der Waals surface area contributed by atoms with E-state index in [1.807, 2.05) is 0 Å². The molecular formula is C10H23Na3O30. The van der Waals surface area contributed by atoms with Gasteiger partial charge in [0.15, 0.2) is 0 Å². The molecule has 0 atom stereocenters. The van der Waals surface area contributed by atoms with Crippen LogP contribution < -0.4 is 88.7 Å². The van der Waals surface area contributed by atoms with Gasteiger partial charge in [-0.15, -0.1) is 0 Å². The van der Waals surface area contributed by atoms with Crippen molar-refractivity contribution in [3.05, 3.63) is 0 Å². The fourth-order valence-corrected chi connectivity index (χ4v) is 0. The van der Waals surface area contributed by atoms with Crippen LogP contribution in [0.5, 0.6) is 0 Å². The van der Waals surface area contributed by atoms with Crippen LogP contribution in [0.2, 0.25) is 0 Å². The van der Waals surface area contributed by atoms with Gasteiger partial charge in [0.05, 0.1) is 0 Å². The van der Waals surface area contributed by atoms with E-state index in [4.69, 9.17) is 150 Å². The Labute approximate surface area is 302 Å². The number of carboxylic acid groups (broad SMARTS) is 20. The summed E-state index contributed by atoms with van der Waals surface area (Å²) in [4.78, 5) is 85.6. The first-order valence-electron chi connectivity index (χ1n) is 6.51. The maximum absolute atomic E-state index is 8.56. The first kappa shape index (κ1) is 83.3. The summed E-state index contributed by atoms with van der Waals surface area (Å²) in [6.45, 7) is 0. The quantitative estimate of drug-likeness (QED) is 0.105. The van der Waals surface area contributed by atoms with Gasteiger partial charge in [-0.05, 0) is 0 Å². The van der Waals surface area contributed by atoms with Crippen molar-refractivity contribution in [3.63, 3.8) is 0 Å². The summed E-state index contributed by atoms with van der Waals surface area (Å²) >= 11 is 0. The van der Waals surface area contributed by atoms with Gasteiger partial charge in [-0.2, -0.15) is 0 Å². The summed E-state index contributed by atoms with van der Waals surface area (Å²) in [5, 5.41) is 139. The van der Waals surface area contributed by atoms with Crippen LogP contribution >= 0.6 is 0 Å². The fourth-order valence-electron chi connectivity index (χ4n) is 0. The van der Waals surface area contributed by atoms with Gasteiger partial charge < -0.3 is 106 Å². The Morgan fingerprint density at radius 1 is 0.186 bits per heavy atom. The van der Waals surface area contributed by atoms with Gasteiger partial charge in [0, 0.05) is 0 Å². The first-order valence-corrected chi connectivity index (χ1v) is 6.51. The Bertz CT molecular complexity index is 494. The third kappa shape index (κ3) is 2600. The minimum atomic E-state index is -1.83. The zero-order chi connectivity index (χ0) is 35.8. The molecule has 0 aromatic carbocycles. The third-order valence-electron chi connectivity index (χ3n) is 0. The van der Waals surface area contributed by atoms with Gasteiger partial charge in [-0.3, -0.25) is 0 Å². The summed E-state index contributed by atoms with van der Waals surface area (Å²) in [6.07, 6.45) is -18.3. The maximum Gasteiger partial charge on any atom is 1.00 e. The molecule has 0 bridgehead atoms. The van der Waals surface area contributed by atoms with E-state index in [1.54, 1.807) is 0 Å². The number of carbonyl (C=O) groups is 10. The van der Waals surface area contributed by atoms with Crippen LogP contribution in [0.1, 0.15) is 4.28 Å². The Kier molecular flexibility index (Phi) is 149. The van der Waals surface area contributed by atoms with E-state index in [0.29, 0.717) is 0 Å². The van der Waals surface area contributed by atoms with Crippen molar-refractivity contribution in [2.45, 2.75) is 0 Å². The molecule has 0 aliphatic rings. The Hall–Kier alpha value is -4.30. The molecule has 0 spiro atoms. The summed E-state index contributed by atoms with van der Waals surface area (Å²) < 4.78 is 0. The maximum atomic E-state index is 8.56. The van der Waals surface area contributed by atoms with Crippen molar-refractivity contribution in [1.29, 1.82) is 0 Å². The average molecular weight is 692 g/mol. The SMILES string of the molecule is O=C(O)O.O=C(O)O.O=C(O)O.O=C(O)O.O=C(O)O.O=C(O)O.O=C(O)O.O=C(O)O.O=C(O)O.O=C(O)O.[H-].[H-].[H-].[Na+].[Na+].[Na+].